The van der Waals surface area contributed by atoms with Crippen LogP contribution in [0.3, 0.4) is 0 Å². The molecule has 1 heterocycles. The van der Waals surface area contributed by atoms with E-state index >= 15 is 0 Å². The van der Waals surface area contributed by atoms with Crippen LogP contribution in [-0.2, 0) is 0 Å². The topological polar surface area (TPSA) is 61.0 Å². The largest absolute Gasteiger partial charge is 0.494 e. The minimum atomic E-state index is 0.734. The predicted molar refractivity (Wildman–Crippen MR) is 75.9 cm³/mol. The molecular weight excluding hydrogens is 238 g/mol. The van der Waals surface area contributed by atoms with Gasteiger partial charge in [0.1, 0.15) is 17.6 Å². The van der Waals surface area contributed by atoms with Gasteiger partial charge in [0, 0.05) is 17.3 Å². The molecule has 0 radical (unpaired) electrons. The molecule has 0 saturated carbocycles. The Hall–Kier alpha value is -2.62. The van der Waals surface area contributed by atoms with Crippen LogP contribution in [0, 0.1) is 0 Å². The van der Waals surface area contributed by atoms with Crippen molar-refractivity contribution in [2.24, 2.45) is 0 Å². The highest BCUT2D eigenvalue weighted by molar-refractivity contribution is 5.89. The first kappa shape index (κ1) is 11.5. The van der Waals surface area contributed by atoms with E-state index < -0.39 is 0 Å². The summed E-state index contributed by atoms with van der Waals surface area (Å²) in [5.41, 5.74) is 9.45. The summed E-state index contributed by atoms with van der Waals surface area (Å²) in [7, 11) is 1.64. The van der Waals surface area contributed by atoms with E-state index in [9.17, 15) is 0 Å². The molecule has 0 aliphatic carbocycles. The van der Waals surface area contributed by atoms with Gasteiger partial charge in [-0.1, -0.05) is 12.1 Å². The second-order valence-corrected chi connectivity index (χ2v) is 4.26. The second kappa shape index (κ2) is 4.57. The Bertz CT molecular complexity index is 740. The highest BCUT2D eigenvalue weighted by Crippen LogP contribution is 2.31. The normalized spacial score (nSPS) is 10.6. The third-order valence-corrected chi connectivity index (χ3v) is 3.01. The van der Waals surface area contributed by atoms with E-state index in [4.69, 9.17) is 10.5 Å². The minimum Gasteiger partial charge on any atom is -0.494 e. The Labute approximate surface area is 110 Å². The van der Waals surface area contributed by atoms with Crippen molar-refractivity contribution in [1.82, 2.24) is 9.97 Å². The molecule has 0 saturated heterocycles. The highest BCUT2D eigenvalue weighted by Gasteiger charge is 2.07. The third-order valence-electron chi connectivity index (χ3n) is 3.01. The Balaban J connectivity index is 2.25. The average molecular weight is 251 g/mol. The third kappa shape index (κ3) is 2.08. The lowest BCUT2D eigenvalue weighted by Gasteiger charge is -2.09. The quantitative estimate of drug-likeness (QED) is 0.711. The van der Waals surface area contributed by atoms with Gasteiger partial charge in [0.2, 0.25) is 0 Å². The molecule has 0 unspecified atom stereocenters. The van der Waals surface area contributed by atoms with E-state index in [1.165, 1.54) is 6.33 Å². The lowest BCUT2D eigenvalue weighted by molar-refractivity contribution is 0.419. The fraction of sp³-hybridized carbons (Fsp3) is 0.0667. The number of nitrogens with zero attached hydrogens (tertiary/aromatic N) is 2. The number of nitrogens with two attached hydrogens (primary N) is 1. The number of fused-ring (bicyclic) bond motifs is 1. The Kier molecular flexibility index (Phi) is 2.76. The molecule has 3 rings (SSSR count). The molecule has 0 aliphatic rings. The highest BCUT2D eigenvalue weighted by atomic mass is 16.5. The van der Waals surface area contributed by atoms with E-state index in [1.807, 2.05) is 36.4 Å². The molecule has 0 amide bonds. The first-order chi connectivity index (χ1) is 9.28. The van der Waals surface area contributed by atoms with E-state index in [2.05, 4.69) is 9.97 Å². The SMILES string of the molecule is COc1cc(-c2cccc(N)c2)cc2cncnc12. The second-order valence-electron chi connectivity index (χ2n) is 4.26. The van der Waals surface area contributed by atoms with Crippen LogP contribution in [0.15, 0.2) is 48.9 Å². The summed E-state index contributed by atoms with van der Waals surface area (Å²) < 4.78 is 5.40. The monoisotopic (exact) mass is 251 g/mol. The molecule has 2 aromatic carbocycles. The number of anilines is 1. The standard InChI is InChI=1S/C15H13N3O/c1-19-14-7-11(10-3-2-4-13(16)6-10)5-12-8-17-9-18-15(12)14/h2-9H,16H2,1H3. The lowest BCUT2D eigenvalue weighted by atomic mass is 10.0. The smallest absolute Gasteiger partial charge is 0.145 e. The van der Waals surface area contributed by atoms with Gasteiger partial charge in [-0.2, -0.15) is 0 Å². The molecule has 3 aromatic rings. The molecule has 0 fully saturated rings. The van der Waals surface area contributed by atoms with Crippen molar-refractivity contribution in [1.29, 1.82) is 0 Å². The number of hydrogen-bond donors (Lipinski definition) is 1. The molecule has 0 bridgehead atoms. The zero-order valence-electron chi connectivity index (χ0n) is 10.5. The van der Waals surface area contributed by atoms with Crippen LogP contribution in [0.1, 0.15) is 0 Å². The first-order valence-corrected chi connectivity index (χ1v) is 5.91. The van der Waals surface area contributed by atoms with E-state index in [1.54, 1.807) is 13.3 Å². The van der Waals surface area contributed by atoms with Crippen molar-refractivity contribution in [2.45, 2.75) is 0 Å². The maximum Gasteiger partial charge on any atom is 0.145 e. The zero-order valence-corrected chi connectivity index (χ0v) is 10.5. The number of ether oxygens (including phenoxy) is 1. The lowest BCUT2D eigenvalue weighted by Crippen LogP contribution is -1.91. The van der Waals surface area contributed by atoms with Crippen molar-refractivity contribution >= 4 is 16.6 Å². The molecule has 0 spiro atoms. The van der Waals surface area contributed by atoms with Gasteiger partial charge in [0.05, 0.1) is 7.11 Å². The number of nitrogen functional groups attached to an aromatic ring is 1. The summed E-state index contributed by atoms with van der Waals surface area (Å²) >= 11 is 0. The molecule has 0 aliphatic heterocycles. The molecule has 4 nitrogen and oxygen atoms in total. The number of methoxy groups -OCH3 is 1. The van der Waals surface area contributed by atoms with Crippen molar-refractivity contribution in [3.63, 3.8) is 0 Å². The molecule has 19 heavy (non-hydrogen) atoms. The summed E-state index contributed by atoms with van der Waals surface area (Å²) in [6, 6.07) is 11.7. The maximum absolute atomic E-state index is 5.82. The summed E-state index contributed by atoms with van der Waals surface area (Å²) in [5.74, 6) is 0.734. The molecule has 2 N–H and O–H groups in total. The predicted octanol–water partition coefficient (Wildman–Crippen LogP) is 2.89. The van der Waals surface area contributed by atoms with Gasteiger partial charge in [-0.15, -0.1) is 0 Å². The fourth-order valence-electron chi connectivity index (χ4n) is 2.11. The van der Waals surface area contributed by atoms with Crippen LogP contribution in [0.4, 0.5) is 5.69 Å². The Morgan fingerprint density at radius 1 is 1.11 bits per heavy atom. The van der Waals surface area contributed by atoms with Crippen molar-refractivity contribution in [3.8, 4) is 16.9 Å². The van der Waals surface area contributed by atoms with Crippen LogP contribution in [0.2, 0.25) is 0 Å². The van der Waals surface area contributed by atoms with Crippen LogP contribution in [-0.4, -0.2) is 17.1 Å². The minimum absolute atomic E-state index is 0.734. The maximum atomic E-state index is 5.82. The van der Waals surface area contributed by atoms with E-state index in [0.717, 1.165) is 33.5 Å². The van der Waals surface area contributed by atoms with Gasteiger partial charge >= 0.3 is 0 Å². The molecular formula is C15H13N3O. The van der Waals surface area contributed by atoms with Crippen LogP contribution < -0.4 is 10.5 Å². The zero-order chi connectivity index (χ0) is 13.2. The summed E-state index contributed by atoms with van der Waals surface area (Å²) in [6.45, 7) is 0. The van der Waals surface area contributed by atoms with Gasteiger partial charge < -0.3 is 10.5 Å². The molecule has 94 valence electrons. The molecule has 4 heteroatoms. The van der Waals surface area contributed by atoms with Crippen molar-refractivity contribution in [2.75, 3.05) is 12.8 Å². The Morgan fingerprint density at radius 3 is 2.79 bits per heavy atom. The van der Waals surface area contributed by atoms with Gasteiger partial charge in [0.25, 0.3) is 0 Å². The molecule has 1 aromatic heterocycles. The van der Waals surface area contributed by atoms with Gasteiger partial charge in [-0.3, -0.25) is 0 Å². The Morgan fingerprint density at radius 2 is 2.00 bits per heavy atom. The van der Waals surface area contributed by atoms with Gasteiger partial charge in [-0.25, -0.2) is 9.97 Å². The van der Waals surface area contributed by atoms with Crippen molar-refractivity contribution in [3.05, 3.63) is 48.9 Å². The van der Waals surface area contributed by atoms with Crippen molar-refractivity contribution < 1.29 is 4.74 Å². The van der Waals surface area contributed by atoms with Crippen LogP contribution in [0.25, 0.3) is 22.0 Å². The first-order valence-electron chi connectivity index (χ1n) is 5.91. The van der Waals surface area contributed by atoms with Crippen LogP contribution >= 0.6 is 0 Å². The molecule has 0 atom stereocenters. The number of benzene rings is 2. The number of hydrogen-bond acceptors (Lipinski definition) is 4. The van der Waals surface area contributed by atoms with Crippen LogP contribution in [0.5, 0.6) is 5.75 Å². The summed E-state index contributed by atoms with van der Waals surface area (Å²) in [5, 5.41) is 0.944. The van der Waals surface area contributed by atoms with Gasteiger partial charge in [-0.05, 0) is 35.4 Å². The summed E-state index contributed by atoms with van der Waals surface area (Å²) in [6.07, 6.45) is 3.30. The van der Waals surface area contributed by atoms with E-state index in [0.29, 0.717) is 0 Å². The number of aromatic nitrogens is 2. The van der Waals surface area contributed by atoms with E-state index in [-0.39, 0.29) is 0 Å². The average Bonchev–Trinajstić information content (AvgIpc) is 2.46. The number of rotatable bonds is 2. The van der Waals surface area contributed by atoms with Gasteiger partial charge in [0.15, 0.2) is 0 Å². The fourth-order valence-corrected chi connectivity index (χ4v) is 2.11. The summed E-state index contributed by atoms with van der Waals surface area (Å²) in [4.78, 5) is 8.29.